The van der Waals surface area contributed by atoms with Crippen LogP contribution in [0.2, 0.25) is 0 Å². The summed E-state index contributed by atoms with van der Waals surface area (Å²) in [6.07, 6.45) is -2.19. The number of carbonyl (C=O) groups excluding carboxylic acids is 1. The van der Waals surface area contributed by atoms with Crippen LogP contribution in [0.15, 0.2) is 71.8 Å². The van der Waals surface area contributed by atoms with Gasteiger partial charge in [0, 0.05) is 34.6 Å². The number of rotatable bonds is 3. The highest BCUT2D eigenvalue weighted by Gasteiger charge is 2.37. The quantitative estimate of drug-likeness (QED) is 0.385. The Kier molecular flexibility index (Phi) is 5.62. The Morgan fingerprint density at radius 2 is 1.64 bits per heavy atom. The molecule has 0 radical (unpaired) electrons. The zero-order valence-corrected chi connectivity index (χ0v) is 19.2. The lowest BCUT2D eigenvalue weighted by Gasteiger charge is -2.29. The van der Waals surface area contributed by atoms with E-state index in [1.54, 1.807) is 0 Å². The highest BCUT2D eigenvalue weighted by molar-refractivity contribution is 5.96. The summed E-state index contributed by atoms with van der Waals surface area (Å²) < 4.78 is 47.2. The number of benzene rings is 2. The standard InChI is InChI=1S/C27H20F3N3O3/c1-14-5-7-17-21(10-14)36-22-11-15(2)6-8-18(22)23(17)32-25(34)20-12-19(16-4-3-9-31-13-16)24(27(28,29)30)33-26(20)35/h3-13,23H,1-2H3,(H,32,34)(H,33,35). The first-order chi connectivity index (χ1) is 17.1. The van der Waals surface area contributed by atoms with E-state index in [1.807, 2.05) is 55.2 Å². The Bertz CT molecular complexity index is 1490. The lowest BCUT2D eigenvalue weighted by Crippen LogP contribution is -2.35. The summed E-state index contributed by atoms with van der Waals surface area (Å²) in [7, 11) is 0. The molecule has 2 N–H and O–H groups in total. The molecule has 0 unspecified atom stereocenters. The summed E-state index contributed by atoms with van der Waals surface area (Å²) in [5, 5.41) is 2.83. The molecule has 0 bridgehead atoms. The van der Waals surface area contributed by atoms with Crippen LogP contribution in [0.1, 0.15) is 44.3 Å². The fourth-order valence-corrected chi connectivity index (χ4v) is 4.26. The third-order valence-corrected chi connectivity index (χ3v) is 6.00. The van der Waals surface area contributed by atoms with Gasteiger partial charge in [0.1, 0.15) is 22.8 Å². The number of aromatic nitrogens is 2. The highest BCUT2D eigenvalue weighted by Crippen LogP contribution is 2.43. The van der Waals surface area contributed by atoms with Gasteiger partial charge in [0.15, 0.2) is 0 Å². The van der Waals surface area contributed by atoms with Gasteiger partial charge in [-0.15, -0.1) is 0 Å². The maximum Gasteiger partial charge on any atom is 0.431 e. The van der Waals surface area contributed by atoms with E-state index in [0.717, 1.165) is 17.2 Å². The lowest BCUT2D eigenvalue weighted by atomic mass is 9.92. The van der Waals surface area contributed by atoms with Crippen molar-refractivity contribution in [3.05, 3.63) is 111 Å². The maximum absolute atomic E-state index is 13.7. The predicted molar refractivity (Wildman–Crippen MR) is 127 cm³/mol. The van der Waals surface area contributed by atoms with Gasteiger partial charge in [-0.05, 0) is 49.2 Å². The van der Waals surface area contributed by atoms with Crippen molar-refractivity contribution in [2.75, 3.05) is 0 Å². The number of aryl methyl sites for hydroxylation is 2. The largest absolute Gasteiger partial charge is 0.457 e. The minimum Gasteiger partial charge on any atom is -0.457 e. The number of ether oxygens (including phenoxy) is 1. The van der Waals surface area contributed by atoms with Crippen LogP contribution in [0, 0.1) is 13.8 Å². The van der Waals surface area contributed by atoms with E-state index in [1.165, 1.54) is 24.5 Å². The summed E-state index contributed by atoms with van der Waals surface area (Å²) in [4.78, 5) is 31.8. The van der Waals surface area contributed by atoms with E-state index in [9.17, 15) is 22.8 Å². The van der Waals surface area contributed by atoms with Gasteiger partial charge in [-0.2, -0.15) is 13.2 Å². The number of amides is 1. The van der Waals surface area contributed by atoms with Crippen molar-refractivity contribution in [1.82, 2.24) is 15.3 Å². The molecule has 0 spiro atoms. The summed E-state index contributed by atoms with van der Waals surface area (Å²) in [6.45, 7) is 3.81. The minimum absolute atomic E-state index is 0.114. The van der Waals surface area contributed by atoms with Crippen LogP contribution >= 0.6 is 0 Å². The van der Waals surface area contributed by atoms with E-state index in [-0.39, 0.29) is 11.1 Å². The predicted octanol–water partition coefficient (Wildman–Crippen LogP) is 5.70. The summed E-state index contributed by atoms with van der Waals surface area (Å²) >= 11 is 0. The molecule has 0 saturated carbocycles. The lowest BCUT2D eigenvalue weighted by molar-refractivity contribution is -0.140. The van der Waals surface area contributed by atoms with Crippen molar-refractivity contribution in [2.45, 2.75) is 26.1 Å². The Hall–Kier alpha value is -4.40. The second-order valence-corrected chi connectivity index (χ2v) is 8.63. The van der Waals surface area contributed by atoms with Gasteiger partial charge in [0.05, 0.1) is 6.04 Å². The molecule has 1 aliphatic heterocycles. The monoisotopic (exact) mass is 491 g/mol. The summed E-state index contributed by atoms with van der Waals surface area (Å²) in [5.74, 6) is 0.284. The summed E-state index contributed by atoms with van der Waals surface area (Å²) in [5.41, 5.74) is 0.170. The average Bonchev–Trinajstić information content (AvgIpc) is 2.83. The molecule has 3 heterocycles. The van der Waals surface area contributed by atoms with Gasteiger partial charge in [0.25, 0.3) is 11.5 Å². The zero-order chi connectivity index (χ0) is 25.6. The Balaban J connectivity index is 1.60. The van der Waals surface area contributed by atoms with Crippen LogP contribution in [-0.2, 0) is 6.18 Å². The number of alkyl halides is 3. The van der Waals surface area contributed by atoms with Crippen molar-refractivity contribution in [3.63, 3.8) is 0 Å². The van der Waals surface area contributed by atoms with Gasteiger partial charge >= 0.3 is 6.18 Å². The third-order valence-electron chi connectivity index (χ3n) is 6.00. The molecule has 2 aromatic heterocycles. The molecule has 2 aromatic carbocycles. The van der Waals surface area contributed by atoms with Gasteiger partial charge in [-0.25, -0.2) is 0 Å². The fraction of sp³-hybridized carbons (Fsp3) is 0.148. The molecule has 1 amide bonds. The number of carbonyl (C=O) groups is 1. The number of aromatic amines is 1. The number of nitrogens with zero attached hydrogens (tertiary/aromatic N) is 1. The smallest absolute Gasteiger partial charge is 0.431 e. The Morgan fingerprint density at radius 1 is 1.00 bits per heavy atom. The molecule has 36 heavy (non-hydrogen) atoms. The van der Waals surface area contributed by atoms with Crippen molar-refractivity contribution in [1.29, 1.82) is 0 Å². The second-order valence-electron chi connectivity index (χ2n) is 8.63. The molecular weight excluding hydrogens is 471 g/mol. The molecule has 0 saturated heterocycles. The van der Waals surface area contributed by atoms with Gasteiger partial charge in [0.2, 0.25) is 0 Å². The van der Waals surface area contributed by atoms with E-state index in [0.29, 0.717) is 22.6 Å². The molecule has 182 valence electrons. The van der Waals surface area contributed by atoms with Crippen LogP contribution in [0.3, 0.4) is 0 Å². The molecule has 0 atom stereocenters. The minimum atomic E-state index is -4.84. The van der Waals surface area contributed by atoms with Crippen LogP contribution in [0.25, 0.3) is 11.1 Å². The van der Waals surface area contributed by atoms with Gasteiger partial charge in [-0.3, -0.25) is 14.6 Å². The highest BCUT2D eigenvalue weighted by atomic mass is 19.4. The molecule has 0 fully saturated rings. The molecule has 6 nitrogen and oxygen atoms in total. The number of H-pyrrole nitrogens is 1. The molecule has 5 rings (SSSR count). The van der Waals surface area contributed by atoms with Crippen molar-refractivity contribution in [3.8, 4) is 22.6 Å². The van der Waals surface area contributed by atoms with Crippen LogP contribution in [0.5, 0.6) is 11.5 Å². The fourth-order valence-electron chi connectivity index (χ4n) is 4.26. The van der Waals surface area contributed by atoms with E-state index >= 15 is 0 Å². The number of hydrogen-bond donors (Lipinski definition) is 2. The van der Waals surface area contributed by atoms with Gasteiger partial charge < -0.3 is 15.0 Å². The van der Waals surface area contributed by atoms with E-state index < -0.39 is 34.9 Å². The summed E-state index contributed by atoms with van der Waals surface area (Å²) in [6, 6.07) is 14.2. The molecule has 9 heteroatoms. The average molecular weight is 491 g/mol. The van der Waals surface area contributed by atoms with Crippen LogP contribution < -0.4 is 15.6 Å². The normalized spacial score (nSPS) is 12.9. The molecular formula is C27H20F3N3O3. The molecule has 1 aliphatic rings. The third kappa shape index (κ3) is 4.24. The van der Waals surface area contributed by atoms with Crippen LogP contribution in [-0.4, -0.2) is 15.9 Å². The van der Waals surface area contributed by atoms with Gasteiger partial charge in [-0.1, -0.05) is 30.3 Å². The topological polar surface area (TPSA) is 84.1 Å². The second kappa shape index (κ2) is 8.67. The number of halogens is 3. The van der Waals surface area contributed by atoms with E-state index in [4.69, 9.17) is 4.74 Å². The number of fused-ring (bicyclic) bond motifs is 2. The zero-order valence-electron chi connectivity index (χ0n) is 19.2. The molecule has 4 aromatic rings. The first-order valence-electron chi connectivity index (χ1n) is 11.1. The molecule has 0 aliphatic carbocycles. The first-order valence-corrected chi connectivity index (χ1v) is 11.1. The Labute approximate surface area is 203 Å². The van der Waals surface area contributed by atoms with Crippen molar-refractivity contribution < 1.29 is 22.7 Å². The van der Waals surface area contributed by atoms with E-state index in [2.05, 4.69) is 10.3 Å². The number of nitrogens with one attached hydrogen (secondary N) is 2. The number of pyridine rings is 2. The maximum atomic E-state index is 13.7. The van der Waals surface area contributed by atoms with Crippen molar-refractivity contribution >= 4 is 5.91 Å². The Morgan fingerprint density at radius 3 is 2.19 bits per heavy atom. The number of hydrogen-bond acceptors (Lipinski definition) is 4. The van der Waals surface area contributed by atoms with Crippen molar-refractivity contribution in [2.24, 2.45) is 0 Å². The van der Waals surface area contributed by atoms with Crippen LogP contribution in [0.4, 0.5) is 13.2 Å². The SMILES string of the molecule is Cc1ccc2c(c1)Oc1cc(C)ccc1C2NC(=O)c1cc(-c2cccnc2)c(C(F)(F)F)[nH]c1=O. The first kappa shape index (κ1) is 23.3.